The third-order valence-corrected chi connectivity index (χ3v) is 4.15. The summed E-state index contributed by atoms with van der Waals surface area (Å²) in [6.45, 7) is 15.3. The summed E-state index contributed by atoms with van der Waals surface area (Å²) in [6.07, 6.45) is 5.76. The minimum Gasteiger partial charge on any atom is -0.381 e. The molecule has 0 aromatic carbocycles. The van der Waals surface area contributed by atoms with Crippen LogP contribution in [0.3, 0.4) is 0 Å². The fourth-order valence-corrected chi connectivity index (χ4v) is 2.62. The van der Waals surface area contributed by atoms with Gasteiger partial charge in [0.1, 0.15) is 0 Å². The fourth-order valence-electron chi connectivity index (χ4n) is 2.62. The number of hydrogen-bond acceptors (Lipinski definition) is 3. The van der Waals surface area contributed by atoms with Gasteiger partial charge >= 0.3 is 0 Å². The Bertz CT molecular complexity index is 347. The summed E-state index contributed by atoms with van der Waals surface area (Å²) in [6, 6.07) is 0.431. The highest BCUT2D eigenvalue weighted by atomic mass is 16.5. The zero-order chi connectivity index (χ0) is 17.8. The Morgan fingerprint density at radius 3 is 2.62 bits per heavy atom. The molecule has 0 aromatic rings. The summed E-state index contributed by atoms with van der Waals surface area (Å²) in [5, 5.41) is 6.84. The molecular weight excluding hydrogens is 302 g/mol. The maximum atomic E-state index is 5.89. The summed E-state index contributed by atoms with van der Waals surface area (Å²) in [4.78, 5) is 4.67. The Morgan fingerprint density at radius 2 is 2.00 bits per heavy atom. The third-order valence-electron chi connectivity index (χ3n) is 4.15. The molecule has 0 aliphatic carbocycles. The molecule has 1 heterocycles. The summed E-state index contributed by atoms with van der Waals surface area (Å²) < 4.78 is 11.2. The van der Waals surface area contributed by atoms with E-state index in [1.54, 1.807) is 0 Å². The second kappa shape index (κ2) is 11.7. The molecule has 1 atom stereocenters. The first kappa shape index (κ1) is 21.2. The van der Waals surface area contributed by atoms with E-state index in [9.17, 15) is 0 Å². The Balaban J connectivity index is 2.23. The van der Waals surface area contributed by atoms with E-state index < -0.39 is 0 Å². The summed E-state index contributed by atoms with van der Waals surface area (Å²) in [7, 11) is 0. The number of nitrogens with zero attached hydrogens (tertiary/aromatic N) is 1. The molecule has 0 spiro atoms. The van der Waals surface area contributed by atoms with Crippen LogP contribution in [0.1, 0.15) is 66.7 Å². The molecule has 5 nitrogen and oxygen atoms in total. The SMILES string of the molecule is CCNC(=NCCCOC1CCOCC1)NC(C)CCC(C)(C)C. The van der Waals surface area contributed by atoms with Gasteiger partial charge in [-0.3, -0.25) is 4.99 Å². The summed E-state index contributed by atoms with van der Waals surface area (Å²) in [5.41, 5.74) is 0.382. The van der Waals surface area contributed by atoms with Gasteiger partial charge in [-0.2, -0.15) is 0 Å². The van der Waals surface area contributed by atoms with Crippen molar-refractivity contribution in [2.45, 2.75) is 78.9 Å². The smallest absolute Gasteiger partial charge is 0.191 e. The highest BCUT2D eigenvalue weighted by Crippen LogP contribution is 2.21. The lowest BCUT2D eigenvalue weighted by molar-refractivity contribution is -0.0318. The van der Waals surface area contributed by atoms with Crippen molar-refractivity contribution in [2.24, 2.45) is 10.4 Å². The first-order valence-corrected chi connectivity index (χ1v) is 9.65. The van der Waals surface area contributed by atoms with E-state index in [0.717, 1.165) is 64.6 Å². The fraction of sp³-hybridized carbons (Fsp3) is 0.947. The van der Waals surface area contributed by atoms with Crippen LogP contribution in [-0.2, 0) is 9.47 Å². The van der Waals surface area contributed by atoms with Crippen molar-refractivity contribution < 1.29 is 9.47 Å². The maximum Gasteiger partial charge on any atom is 0.191 e. The average molecular weight is 342 g/mol. The second-order valence-corrected chi connectivity index (χ2v) is 7.94. The molecule has 0 amide bonds. The van der Waals surface area contributed by atoms with Crippen molar-refractivity contribution in [3.05, 3.63) is 0 Å². The number of aliphatic imine (C=N–C) groups is 1. The van der Waals surface area contributed by atoms with Crippen LogP contribution >= 0.6 is 0 Å². The van der Waals surface area contributed by atoms with Crippen molar-refractivity contribution in [1.29, 1.82) is 0 Å². The van der Waals surface area contributed by atoms with E-state index in [1.165, 1.54) is 6.42 Å². The Kier molecular flexibility index (Phi) is 10.3. The van der Waals surface area contributed by atoms with Gasteiger partial charge in [0.2, 0.25) is 0 Å². The lowest BCUT2D eigenvalue weighted by Crippen LogP contribution is -2.42. The second-order valence-electron chi connectivity index (χ2n) is 7.94. The standard InChI is InChI=1S/C19H39N3O2/c1-6-20-18(22-16(2)8-11-19(3,4)5)21-12-7-13-24-17-9-14-23-15-10-17/h16-17H,6-15H2,1-5H3,(H2,20,21,22). The van der Waals surface area contributed by atoms with Crippen LogP contribution in [0.2, 0.25) is 0 Å². The van der Waals surface area contributed by atoms with Gasteiger partial charge in [0.25, 0.3) is 0 Å². The van der Waals surface area contributed by atoms with Gasteiger partial charge in [0, 0.05) is 39.0 Å². The van der Waals surface area contributed by atoms with Crippen LogP contribution in [0.5, 0.6) is 0 Å². The van der Waals surface area contributed by atoms with Crippen molar-refractivity contribution >= 4 is 5.96 Å². The number of rotatable bonds is 9. The molecule has 1 aliphatic rings. The van der Waals surface area contributed by atoms with E-state index in [2.05, 4.69) is 50.2 Å². The maximum absolute atomic E-state index is 5.89. The minimum absolute atomic E-state index is 0.381. The first-order chi connectivity index (χ1) is 11.4. The van der Waals surface area contributed by atoms with Crippen molar-refractivity contribution in [3.8, 4) is 0 Å². The number of hydrogen-bond donors (Lipinski definition) is 2. The molecule has 1 aliphatic heterocycles. The van der Waals surface area contributed by atoms with Crippen molar-refractivity contribution in [3.63, 3.8) is 0 Å². The van der Waals surface area contributed by atoms with Gasteiger partial charge in [-0.15, -0.1) is 0 Å². The molecule has 24 heavy (non-hydrogen) atoms. The van der Waals surface area contributed by atoms with E-state index in [1.807, 2.05) is 0 Å². The van der Waals surface area contributed by atoms with Gasteiger partial charge in [0.15, 0.2) is 5.96 Å². The quantitative estimate of drug-likeness (QED) is 0.384. The molecule has 0 radical (unpaired) electrons. The van der Waals surface area contributed by atoms with Gasteiger partial charge < -0.3 is 20.1 Å². The zero-order valence-corrected chi connectivity index (χ0v) is 16.5. The van der Waals surface area contributed by atoms with Crippen molar-refractivity contribution in [1.82, 2.24) is 10.6 Å². The van der Waals surface area contributed by atoms with Gasteiger partial charge in [-0.1, -0.05) is 20.8 Å². The van der Waals surface area contributed by atoms with Crippen LogP contribution in [0.4, 0.5) is 0 Å². The number of nitrogens with one attached hydrogen (secondary N) is 2. The molecule has 1 rings (SSSR count). The highest BCUT2D eigenvalue weighted by Gasteiger charge is 2.14. The number of guanidine groups is 1. The first-order valence-electron chi connectivity index (χ1n) is 9.65. The molecule has 1 saturated heterocycles. The van der Waals surface area contributed by atoms with Gasteiger partial charge in [-0.25, -0.2) is 0 Å². The van der Waals surface area contributed by atoms with Crippen LogP contribution in [0, 0.1) is 5.41 Å². The molecule has 142 valence electrons. The molecule has 0 aromatic heterocycles. The largest absolute Gasteiger partial charge is 0.381 e. The van der Waals surface area contributed by atoms with E-state index in [0.29, 0.717) is 17.6 Å². The van der Waals surface area contributed by atoms with Gasteiger partial charge in [-0.05, 0) is 51.4 Å². The topological polar surface area (TPSA) is 54.9 Å². The van der Waals surface area contributed by atoms with E-state index >= 15 is 0 Å². The monoisotopic (exact) mass is 341 g/mol. The van der Waals surface area contributed by atoms with Crippen LogP contribution in [0.25, 0.3) is 0 Å². The average Bonchev–Trinajstić information content (AvgIpc) is 2.53. The minimum atomic E-state index is 0.381. The summed E-state index contributed by atoms with van der Waals surface area (Å²) in [5.74, 6) is 0.921. The Morgan fingerprint density at radius 1 is 1.29 bits per heavy atom. The predicted octanol–water partition coefficient (Wildman–Crippen LogP) is 3.34. The molecular formula is C19H39N3O2. The van der Waals surface area contributed by atoms with E-state index in [4.69, 9.17) is 9.47 Å². The summed E-state index contributed by atoms with van der Waals surface area (Å²) >= 11 is 0. The van der Waals surface area contributed by atoms with Crippen LogP contribution in [-0.4, -0.2) is 51.0 Å². The predicted molar refractivity (Wildman–Crippen MR) is 102 cm³/mol. The molecule has 1 fully saturated rings. The third kappa shape index (κ3) is 10.9. The van der Waals surface area contributed by atoms with E-state index in [-0.39, 0.29) is 0 Å². The van der Waals surface area contributed by atoms with Crippen LogP contribution in [0.15, 0.2) is 4.99 Å². The molecule has 2 N–H and O–H groups in total. The van der Waals surface area contributed by atoms with Gasteiger partial charge in [0.05, 0.1) is 6.10 Å². The Labute approximate surface area is 149 Å². The Hall–Kier alpha value is -0.810. The molecule has 0 saturated carbocycles. The zero-order valence-electron chi connectivity index (χ0n) is 16.5. The number of ether oxygens (including phenoxy) is 2. The normalized spacial score (nSPS) is 18.5. The molecule has 0 bridgehead atoms. The van der Waals surface area contributed by atoms with Crippen LogP contribution < -0.4 is 10.6 Å². The lowest BCUT2D eigenvalue weighted by atomic mass is 9.89. The lowest BCUT2D eigenvalue weighted by Gasteiger charge is -2.23. The molecule has 5 heteroatoms. The molecule has 1 unspecified atom stereocenters. The van der Waals surface area contributed by atoms with Crippen molar-refractivity contribution in [2.75, 3.05) is 32.9 Å². The highest BCUT2D eigenvalue weighted by molar-refractivity contribution is 5.80.